The molecular weight excluding hydrogens is 153 g/mol. The minimum Gasteiger partial charge on any atom is -0.170 e. The van der Waals surface area contributed by atoms with Crippen LogP contribution in [0, 0.1) is 5.92 Å². The van der Waals surface area contributed by atoms with Crippen LogP contribution in [0.15, 0.2) is 22.8 Å². The molecule has 0 aromatic carbocycles. The molecule has 2 bridgehead atoms. The molecular formula is C8H7F3. The zero-order valence-electron chi connectivity index (χ0n) is 6.00. The first-order chi connectivity index (χ1) is 5.00. The third-order valence-electron chi connectivity index (χ3n) is 2.44. The van der Waals surface area contributed by atoms with Gasteiger partial charge in [0.15, 0.2) is 0 Å². The number of allylic oxidation sites excluding steroid dienone is 4. The molecule has 3 aliphatic rings. The highest BCUT2D eigenvalue weighted by atomic mass is 19.4. The number of hydrogen-bond donors (Lipinski definition) is 0. The van der Waals surface area contributed by atoms with Gasteiger partial charge < -0.3 is 0 Å². The second kappa shape index (κ2) is 1.71. The van der Waals surface area contributed by atoms with E-state index in [9.17, 15) is 13.2 Å². The second-order valence-corrected chi connectivity index (χ2v) is 3.05. The third kappa shape index (κ3) is 0.767. The van der Waals surface area contributed by atoms with Crippen molar-refractivity contribution in [2.75, 3.05) is 0 Å². The molecule has 0 saturated heterocycles. The van der Waals surface area contributed by atoms with Gasteiger partial charge in [-0.05, 0) is 30.1 Å². The van der Waals surface area contributed by atoms with Crippen LogP contribution in [0.25, 0.3) is 0 Å². The van der Waals surface area contributed by atoms with Crippen molar-refractivity contribution >= 4 is 0 Å². The summed E-state index contributed by atoms with van der Waals surface area (Å²) < 4.78 is 36.4. The summed E-state index contributed by atoms with van der Waals surface area (Å²) in [6, 6.07) is 0. The first-order valence-electron chi connectivity index (χ1n) is 3.48. The number of rotatable bonds is 0. The highest BCUT2D eigenvalue weighted by molar-refractivity contribution is 5.59. The quantitative estimate of drug-likeness (QED) is 0.511. The third-order valence-corrected chi connectivity index (χ3v) is 2.44. The van der Waals surface area contributed by atoms with Crippen LogP contribution >= 0.6 is 0 Å². The zero-order valence-corrected chi connectivity index (χ0v) is 6.00. The van der Waals surface area contributed by atoms with Gasteiger partial charge in [-0.2, -0.15) is 13.2 Å². The van der Waals surface area contributed by atoms with E-state index >= 15 is 0 Å². The molecule has 0 saturated carbocycles. The maximum absolute atomic E-state index is 12.1. The molecule has 3 heteroatoms. The molecule has 60 valence electrons. The van der Waals surface area contributed by atoms with Crippen LogP contribution in [0.1, 0.15) is 13.3 Å². The van der Waals surface area contributed by atoms with Crippen LogP contribution in [0.5, 0.6) is 0 Å². The van der Waals surface area contributed by atoms with E-state index in [0.717, 1.165) is 11.1 Å². The monoisotopic (exact) mass is 160 g/mol. The molecule has 0 nitrogen and oxygen atoms in total. The molecule has 0 N–H and O–H groups in total. The average Bonchev–Trinajstić information content (AvgIpc) is 2.38. The van der Waals surface area contributed by atoms with E-state index in [4.69, 9.17) is 0 Å². The number of alkyl halides is 3. The Morgan fingerprint density at radius 2 is 2.09 bits per heavy atom. The van der Waals surface area contributed by atoms with Crippen LogP contribution in [-0.2, 0) is 0 Å². The Morgan fingerprint density at radius 1 is 1.45 bits per heavy atom. The van der Waals surface area contributed by atoms with Gasteiger partial charge in [0.05, 0.1) is 5.92 Å². The molecule has 0 aromatic heterocycles. The lowest BCUT2D eigenvalue weighted by Gasteiger charge is -2.16. The van der Waals surface area contributed by atoms with Gasteiger partial charge in [0.2, 0.25) is 0 Å². The summed E-state index contributed by atoms with van der Waals surface area (Å²) >= 11 is 0. The van der Waals surface area contributed by atoms with Crippen LogP contribution < -0.4 is 0 Å². The van der Waals surface area contributed by atoms with Crippen molar-refractivity contribution < 1.29 is 13.2 Å². The van der Waals surface area contributed by atoms with Gasteiger partial charge in [-0.1, -0.05) is 6.08 Å². The highest BCUT2D eigenvalue weighted by Gasteiger charge is 2.49. The van der Waals surface area contributed by atoms with Crippen molar-refractivity contribution in [3.8, 4) is 0 Å². The van der Waals surface area contributed by atoms with E-state index < -0.39 is 12.1 Å². The van der Waals surface area contributed by atoms with Gasteiger partial charge in [0, 0.05) is 0 Å². The smallest absolute Gasteiger partial charge is 0.170 e. The lowest BCUT2D eigenvalue weighted by Crippen LogP contribution is -2.20. The predicted molar refractivity (Wildman–Crippen MR) is 34.9 cm³/mol. The zero-order chi connectivity index (χ0) is 8.22. The van der Waals surface area contributed by atoms with E-state index in [1.807, 2.05) is 0 Å². The average molecular weight is 160 g/mol. The van der Waals surface area contributed by atoms with E-state index in [2.05, 4.69) is 0 Å². The van der Waals surface area contributed by atoms with Crippen molar-refractivity contribution in [3.63, 3.8) is 0 Å². The van der Waals surface area contributed by atoms with Gasteiger partial charge >= 0.3 is 6.18 Å². The van der Waals surface area contributed by atoms with Crippen molar-refractivity contribution in [3.05, 3.63) is 22.8 Å². The molecule has 0 radical (unpaired) electrons. The largest absolute Gasteiger partial charge is 0.396 e. The molecule has 0 amide bonds. The normalized spacial score (nSPS) is 28.7. The van der Waals surface area contributed by atoms with Gasteiger partial charge in [-0.25, -0.2) is 0 Å². The lowest BCUT2D eigenvalue weighted by molar-refractivity contribution is -0.160. The fourth-order valence-corrected chi connectivity index (χ4v) is 1.71. The maximum atomic E-state index is 12.1. The minimum absolute atomic E-state index is 0.185. The van der Waals surface area contributed by atoms with E-state index in [1.165, 1.54) is 0 Å². The van der Waals surface area contributed by atoms with Crippen molar-refractivity contribution in [2.24, 2.45) is 5.92 Å². The predicted octanol–water partition coefficient (Wildman–Crippen LogP) is 2.83. The maximum Gasteiger partial charge on any atom is 0.396 e. The van der Waals surface area contributed by atoms with Crippen molar-refractivity contribution in [1.29, 1.82) is 0 Å². The summed E-state index contributed by atoms with van der Waals surface area (Å²) in [6.07, 6.45) is -2.19. The molecule has 1 atom stereocenters. The van der Waals surface area contributed by atoms with Crippen LogP contribution in [-0.4, -0.2) is 6.18 Å². The van der Waals surface area contributed by atoms with Crippen LogP contribution in [0.3, 0.4) is 0 Å². The molecule has 0 aliphatic heterocycles. The Kier molecular flexibility index (Phi) is 1.08. The topological polar surface area (TPSA) is 0 Å². The van der Waals surface area contributed by atoms with Crippen molar-refractivity contribution in [2.45, 2.75) is 19.5 Å². The molecule has 0 spiro atoms. The van der Waals surface area contributed by atoms with Gasteiger partial charge in [-0.15, -0.1) is 0 Å². The van der Waals surface area contributed by atoms with Crippen LogP contribution in [0.2, 0.25) is 0 Å². The highest BCUT2D eigenvalue weighted by Crippen LogP contribution is 2.52. The van der Waals surface area contributed by atoms with Crippen molar-refractivity contribution in [1.82, 2.24) is 0 Å². The Morgan fingerprint density at radius 3 is 2.27 bits per heavy atom. The van der Waals surface area contributed by atoms with E-state index in [1.54, 1.807) is 13.0 Å². The number of hydrogen-bond acceptors (Lipinski definition) is 0. The summed E-state index contributed by atoms with van der Waals surface area (Å²) in [4.78, 5) is 0. The molecule has 0 aromatic rings. The Hall–Kier alpha value is -0.730. The Bertz CT molecular complexity index is 268. The Balaban J connectivity index is 2.21. The van der Waals surface area contributed by atoms with Gasteiger partial charge in [0.25, 0.3) is 0 Å². The molecule has 3 rings (SSSR count). The number of fused-ring (bicyclic) bond motifs is 1. The summed E-state index contributed by atoms with van der Waals surface area (Å²) in [6.45, 7) is 1.76. The lowest BCUT2D eigenvalue weighted by atomic mass is 9.95. The second-order valence-electron chi connectivity index (χ2n) is 3.05. The molecule has 0 fully saturated rings. The summed E-state index contributed by atoms with van der Waals surface area (Å²) in [5.74, 6) is -1.18. The minimum atomic E-state index is -4.04. The van der Waals surface area contributed by atoms with Gasteiger partial charge in [0.1, 0.15) is 0 Å². The van der Waals surface area contributed by atoms with E-state index in [0.29, 0.717) is 5.57 Å². The fraction of sp³-hybridized carbons (Fsp3) is 0.500. The summed E-state index contributed by atoms with van der Waals surface area (Å²) in [5, 5.41) is 0. The molecule has 11 heavy (non-hydrogen) atoms. The first-order valence-corrected chi connectivity index (χ1v) is 3.48. The van der Waals surface area contributed by atoms with Gasteiger partial charge in [-0.3, -0.25) is 0 Å². The molecule has 3 aliphatic carbocycles. The standard InChI is InChI=1S/C8H7F3/c1-4-5-2-6(4)7(3-5)8(9,10)11/h2,7H,3H2,1H3. The fourth-order valence-electron chi connectivity index (χ4n) is 1.71. The number of halogens is 3. The van der Waals surface area contributed by atoms with Crippen LogP contribution in [0.4, 0.5) is 13.2 Å². The molecule has 1 unspecified atom stereocenters. The van der Waals surface area contributed by atoms with E-state index in [-0.39, 0.29) is 6.42 Å². The summed E-state index contributed by atoms with van der Waals surface area (Å²) in [5.41, 5.74) is 2.27. The Labute approximate surface area is 62.4 Å². The molecule has 0 heterocycles. The first kappa shape index (κ1) is 6.95. The SMILES string of the molecule is CC1=C2C=C1C(C(F)(F)F)C2. The summed E-state index contributed by atoms with van der Waals surface area (Å²) in [7, 11) is 0.